The molecule has 0 aliphatic carbocycles. The molecule has 7 nitrogen and oxygen atoms in total. The number of sulfone groups is 1. The molecule has 1 aromatic rings. The fourth-order valence-electron chi connectivity index (χ4n) is 3.97. The van der Waals surface area contributed by atoms with Crippen LogP contribution >= 0.6 is 0 Å². The maximum atomic E-state index is 13.1. The molecule has 0 aromatic heterocycles. The molecule has 3 rings (SSSR count). The molecule has 28 heavy (non-hydrogen) atoms. The molecule has 0 bridgehead atoms. The Bertz CT molecular complexity index is 931. The standard InChI is InChI=1S/C18H25FN2O5S2/c1-2-21(16-9-11-27(23,24)13-16)18(22)14-4-3-10-20(12-14)28(25,26)17-7-5-15(19)6-8-17/h5-8,14,16H,2-4,9-13H2,1H3. The maximum absolute atomic E-state index is 13.1. The number of halogens is 1. The minimum Gasteiger partial charge on any atom is -0.339 e. The van der Waals surface area contributed by atoms with E-state index in [1.54, 1.807) is 11.8 Å². The third kappa shape index (κ3) is 4.38. The van der Waals surface area contributed by atoms with Gasteiger partial charge in [0.1, 0.15) is 5.82 Å². The molecule has 2 aliphatic rings. The largest absolute Gasteiger partial charge is 0.339 e. The van der Waals surface area contributed by atoms with E-state index in [4.69, 9.17) is 0 Å². The SMILES string of the molecule is CCN(C(=O)C1CCCN(S(=O)(=O)c2ccc(F)cc2)C1)C1CCS(=O)(=O)C1. The number of amides is 1. The van der Waals surface area contributed by atoms with Gasteiger partial charge in [-0.15, -0.1) is 0 Å². The van der Waals surface area contributed by atoms with Crippen molar-refractivity contribution < 1.29 is 26.0 Å². The minimum absolute atomic E-state index is 0.00349. The molecule has 2 unspecified atom stereocenters. The number of sulfonamides is 1. The zero-order chi connectivity index (χ0) is 20.5. The lowest BCUT2D eigenvalue weighted by Crippen LogP contribution is -2.49. The van der Waals surface area contributed by atoms with Gasteiger partial charge in [-0.05, 0) is 50.5 Å². The smallest absolute Gasteiger partial charge is 0.243 e. The lowest BCUT2D eigenvalue weighted by atomic mass is 9.97. The van der Waals surface area contributed by atoms with Crippen LogP contribution in [0.1, 0.15) is 26.2 Å². The van der Waals surface area contributed by atoms with Crippen LogP contribution in [0.3, 0.4) is 0 Å². The van der Waals surface area contributed by atoms with Gasteiger partial charge in [-0.25, -0.2) is 21.2 Å². The molecule has 0 saturated carbocycles. The number of nitrogens with zero attached hydrogens (tertiary/aromatic N) is 2. The van der Waals surface area contributed by atoms with Crippen LogP contribution in [-0.4, -0.2) is 69.1 Å². The van der Waals surface area contributed by atoms with Crippen LogP contribution in [0.5, 0.6) is 0 Å². The molecule has 156 valence electrons. The van der Waals surface area contributed by atoms with Crippen molar-refractivity contribution in [1.82, 2.24) is 9.21 Å². The van der Waals surface area contributed by atoms with E-state index >= 15 is 0 Å². The molecule has 2 atom stereocenters. The van der Waals surface area contributed by atoms with Gasteiger partial charge in [0.05, 0.1) is 22.3 Å². The van der Waals surface area contributed by atoms with Crippen LogP contribution in [0.15, 0.2) is 29.2 Å². The highest BCUT2D eigenvalue weighted by Gasteiger charge is 2.39. The number of piperidine rings is 1. The Kier molecular flexibility index (Phi) is 6.11. The van der Waals surface area contributed by atoms with Crippen LogP contribution in [-0.2, 0) is 24.7 Å². The van der Waals surface area contributed by atoms with Crippen molar-refractivity contribution in [3.63, 3.8) is 0 Å². The summed E-state index contributed by atoms with van der Waals surface area (Å²) >= 11 is 0. The third-order valence-electron chi connectivity index (χ3n) is 5.46. The summed E-state index contributed by atoms with van der Waals surface area (Å²) in [6, 6.07) is 4.29. The van der Waals surface area contributed by atoms with Crippen LogP contribution in [0.25, 0.3) is 0 Å². The predicted molar refractivity (Wildman–Crippen MR) is 102 cm³/mol. The molecule has 0 radical (unpaired) electrons. The van der Waals surface area contributed by atoms with E-state index in [0.29, 0.717) is 32.4 Å². The summed E-state index contributed by atoms with van der Waals surface area (Å²) in [5.74, 6) is -1.17. The average Bonchev–Trinajstić information content (AvgIpc) is 3.02. The number of rotatable bonds is 5. The second kappa shape index (κ2) is 8.08. The molecule has 2 saturated heterocycles. The summed E-state index contributed by atoms with van der Waals surface area (Å²) < 4.78 is 63.6. The summed E-state index contributed by atoms with van der Waals surface area (Å²) in [7, 11) is -6.93. The number of carbonyl (C=O) groups excluding carboxylic acids is 1. The zero-order valence-corrected chi connectivity index (χ0v) is 17.4. The Morgan fingerprint density at radius 3 is 2.50 bits per heavy atom. The van der Waals surface area contributed by atoms with Crippen LogP contribution in [0.4, 0.5) is 4.39 Å². The third-order valence-corrected chi connectivity index (χ3v) is 9.09. The number of hydrogen-bond acceptors (Lipinski definition) is 5. The van der Waals surface area contributed by atoms with Crippen molar-refractivity contribution in [2.24, 2.45) is 5.92 Å². The quantitative estimate of drug-likeness (QED) is 0.699. The van der Waals surface area contributed by atoms with E-state index in [2.05, 4.69) is 0 Å². The van der Waals surface area contributed by atoms with Crippen molar-refractivity contribution in [2.75, 3.05) is 31.1 Å². The maximum Gasteiger partial charge on any atom is 0.243 e. The summed E-state index contributed by atoms with van der Waals surface area (Å²) in [5.41, 5.74) is 0. The summed E-state index contributed by atoms with van der Waals surface area (Å²) in [6.07, 6.45) is 1.52. The Labute approximate surface area is 165 Å². The van der Waals surface area contributed by atoms with Gasteiger partial charge < -0.3 is 4.90 Å². The monoisotopic (exact) mass is 432 g/mol. The molecular weight excluding hydrogens is 407 g/mol. The fourth-order valence-corrected chi connectivity index (χ4v) is 7.22. The highest BCUT2D eigenvalue weighted by atomic mass is 32.2. The molecule has 0 N–H and O–H groups in total. The van der Waals surface area contributed by atoms with Gasteiger partial charge in [-0.2, -0.15) is 4.31 Å². The van der Waals surface area contributed by atoms with E-state index in [1.807, 2.05) is 0 Å². The van der Waals surface area contributed by atoms with Crippen LogP contribution in [0.2, 0.25) is 0 Å². The van der Waals surface area contributed by atoms with Gasteiger partial charge in [0.2, 0.25) is 15.9 Å². The van der Waals surface area contributed by atoms with Crippen molar-refractivity contribution in [1.29, 1.82) is 0 Å². The molecule has 2 heterocycles. The second-order valence-corrected chi connectivity index (χ2v) is 11.5. The number of hydrogen-bond donors (Lipinski definition) is 0. The first-order valence-corrected chi connectivity index (χ1v) is 12.7. The van der Waals surface area contributed by atoms with Gasteiger partial charge in [0.15, 0.2) is 9.84 Å². The summed E-state index contributed by atoms with van der Waals surface area (Å²) in [4.78, 5) is 14.6. The van der Waals surface area contributed by atoms with Crippen LogP contribution in [0, 0.1) is 11.7 Å². The van der Waals surface area contributed by atoms with Gasteiger partial charge >= 0.3 is 0 Å². The number of carbonyl (C=O) groups is 1. The van der Waals surface area contributed by atoms with Crippen molar-refractivity contribution >= 4 is 25.8 Å². The molecule has 2 aliphatic heterocycles. The van der Waals surface area contributed by atoms with Crippen molar-refractivity contribution in [2.45, 2.75) is 37.1 Å². The lowest BCUT2D eigenvalue weighted by Gasteiger charge is -2.36. The highest BCUT2D eigenvalue weighted by Crippen LogP contribution is 2.27. The summed E-state index contributed by atoms with van der Waals surface area (Å²) in [5, 5.41) is 0. The first kappa shape index (κ1) is 21.2. The fraction of sp³-hybridized carbons (Fsp3) is 0.611. The van der Waals surface area contributed by atoms with Crippen molar-refractivity contribution in [3.05, 3.63) is 30.1 Å². The van der Waals surface area contributed by atoms with E-state index in [1.165, 1.54) is 16.4 Å². The predicted octanol–water partition coefficient (Wildman–Crippen LogP) is 1.26. The number of benzene rings is 1. The highest BCUT2D eigenvalue weighted by molar-refractivity contribution is 7.91. The zero-order valence-electron chi connectivity index (χ0n) is 15.8. The van der Waals surface area contributed by atoms with Gasteiger partial charge in [-0.3, -0.25) is 4.79 Å². The Morgan fingerprint density at radius 2 is 1.93 bits per heavy atom. The lowest BCUT2D eigenvalue weighted by molar-refractivity contribution is -0.138. The van der Waals surface area contributed by atoms with E-state index in [0.717, 1.165) is 12.1 Å². The van der Waals surface area contributed by atoms with Gasteiger partial charge in [-0.1, -0.05) is 0 Å². The second-order valence-electron chi connectivity index (χ2n) is 7.34. The Hall–Kier alpha value is -1.52. The van der Waals surface area contributed by atoms with Crippen molar-refractivity contribution in [3.8, 4) is 0 Å². The Balaban J connectivity index is 1.75. The van der Waals surface area contributed by atoms with E-state index in [-0.39, 0.29) is 34.9 Å². The topological polar surface area (TPSA) is 91.8 Å². The summed E-state index contributed by atoms with van der Waals surface area (Å²) in [6.45, 7) is 2.54. The van der Waals surface area contributed by atoms with Gasteiger partial charge in [0, 0.05) is 25.7 Å². The molecule has 1 amide bonds. The Morgan fingerprint density at radius 1 is 1.25 bits per heavy atom. The van der Waals surface area contributed by atoms with E-state index < -0.39 is 31.6 Å². The van der Waals surface area contributed by atoms with Crippen LogP contribution < -0.4 is 0 Å². The first-order valence-electron chi connectivity index (χ1n) is 9.40. The molecule has 0 spiro atoms. The normalized spacial score (nSPS) is 25.5. The molecule has 10 heteroatoms. The van der Waals surface area contributed by atoms with E-state index in [9.17, 15) is 26.0 Å². The minimum atomic E-state index is -3.82. The molecule has 2 fully saturated rings. The average molecular weight is 433 g/mol. The van der Waals surface area contributed by atoms with Gasteiger partial charge in [0.25, 0.3) is 0 Å². The molecule has 1 aromatic carbocycles. The first-order chi connectivity index (χ1) is 13.1. The molecular formula is C18H25FN2O5S2.